The lowest BCUT2D eigenvalue weighted by Crippen LogP contribution is -1.90. The number of benzene rings is 2. The van der Waals surface area contributed by atoms with Crippen LogP contribution in [0.3, 0.4) is 0 Å². The van der Waals surface area contributed by atoms with Gasteiger partial charge in [0.05, 0.1) is 12.0 Å². The molecule has 0 saturated heterocycles. The minimum Gasteiger partial charge on any atom is -0.497 e. The summed E-state index contributed by atoms with van der Waals surface area (Å²) in [5.74, 6) is 0.750. The molecule has 94 valence electrons. The highest BCUT2D eigenvalue weighted by Crippen LogP contribution is 2.25. The van der Waals surface area contributed by atoms with Crippen LogP contribution in [-0.4, -0.2) is 15.5 Å². The van der Waals surface area contributed by atoms with E-state index in [1.807, 2.05) is 30.3 Å². The molecule has 0 spiro atoms. The SMILES string of the molecule is COc1ccc(-c2cccc(S(=O)(=O)Cl)c2)cc1. The minimum atomic E-state index is -3.70. The topological polar surface area (TPSA) is 43.4 Å². The van der Waals surface area contributed by atoms with Crippen molar-refractivity contribution < 1.29 is 13.2 Å². The zero-order valence-corrected chi connectivity index (χ0v) is 11.2. The van der Waals surface area contributed by atoms with Gasteiger partial charge in [0, 0.05) is 10.7 Å². The van der Waals surface area contributed by atoms with Crippen LogP contribution in [0.1, 0.15) is 0 Å². The van der Waals surface area contributed by atoms with Crippen LogP contribution in [-0.2, 0) is 9.05 Å². The average molecular weight is 283 g/mol. The predicted octanol–water partition coefficient (Wildman–Crippen LogP) is 3.29. The van der Waals surface area contributed by atoms with E-state index in [2.05, 4.69) is 0 Å². The first kappa shape index (κ1) is 12.9. The van der Waals surface area contributed by atoms with E-state index in [0.717, 1.165) is 16.9 Å². The first-order valence-corrected chi connectivity index (χ1v) is 7.51. The van der Waals surface area contributed by atoms with Crippen molar-refractivity contribution in [1.29, 1.82) is 0 Å². The maximum absolute atomic E-state index is 11.3. The Bertz CT molecular complexity index is 648. The van der Waals surface area contributed by atoms with Crippen LogP contribution >= 0.6 is 10.7 Å². The van der Waals surface area contributed by atoms with Crippen LogP contribution in [0.5, 0.6) is 5.75 Å². The van der Waals surface area contributed by atoms with E-state index in [1.54, 1.807) is 19.2 Å². The molecule has 0 aromatic heterocycles. The summed E-state index contributed by atoms with van der Waals surface area (Å²) in [5.41, 5.74) is 1.69. The van der Waals surface area contributed by atoms with Gasteiger partial charge >= 0.3 is 0 Å². The normalized spacial score (nSPS) is 11.2. The first-order chi connectivity index (χ1) is 8.50. The van der Waals surface area contributed by atoms with Crippen molar-refractivity contribution >= 4 is 19.7 Å². The summed E-state index contributed by atoms with van der Waals surface area (Å²) in [7, 11) is 3.21. The molecule has 18 heavy (non-hydrogen) atoms. The van der Waals surface area contributed by atoms with Crippen molar-refractivity contribution in [3.63, 3.8) is 0 Å². The van der Waals surface area contributed by atoms with Crippen molar-refractivity contribution in [2.75, 3.05) is 7.11 Å². The molecule has 0 heterocycles. The molecular weight excluding hydrogens is 272 g/mol. The third kappa shape index (κ3) is 2.83. The Hall–Kier alpha value is -1.52. The van der Waals surface area contributed by atoms with Crippen LogP contribution < -0.4 is 4.74 Å². The molecule has 0 unspecified atom stereocenters. The quantitative estimate of drug-likeness (QED) is 0.812. The molecule has 5 heteroatoms. The lowest BCUT2D eigenvalue weighted by atomic mass is 10.1. The van der Waals surface area contributed by atoms with Gasteiger partial charge in [-0.25, -0.2) is 8.42 Å². The Balaban J connectivity index is 2.44. The van der Waals surface area contributed by atoms with Gasteiger partial charge in [-0.05, 0) is 35.4 Å². The Labute approximate surface area is 110 Å². The largest absolute Gasteiger partial charge is 0.497 e. The summed E-state index contributed by atoms with van der Waals surface area (Å²) in [5, 5.41) is 0. The highest BCUT2D eigenvalue weighted by atomic mass is 35.7. The van der Waals surface area contributed by atoms with Gasteiger partial charge in [0.2, 0.25) is 0 Å². The van der Waals surface area contributed by atoms with Gasteiger partial charge in [0.15, 0.2) is 0 Å². The smallest absolute Gasteiger partial charge is 0.261 e. The lowest BCUT2D eigenvalue weighted by molar-refractivity contribution is 0.415. The second-order valence-electron chi connectivity index (χ2n) is 3.69. The Morgan fingerprint density at radius 2 is 1.67 bits per heavy atom. The van der Waals surface area contributed by atoms with Crippen LogP contribution in [0.4, 0.5) is 0 Å². The van der Waals surface area contributed by atoms with Gasteiger partial charge in [-0.1, -0.05) is 24.3 Å². The molecule has 0 amide bonds. The van der Waals surface area contributed by atoms with E-state index in [-0.39, 0.29) is 4.90 Å². The fourth-order valence-corrected chi connectivity index (χ4v) is 2.41. The second-order valence-corrected chi connectivity index (χ2v) is 6.26. The van der Waals surface area contributed by atoms with Gasteiger partial charge in [-0.2, -0.15) is 0 Å². The Kier molecular flexibility index (Phi) is 3.59. The van der Waals surface area contributed by atoms with E-state index in [1.165, 1.54) is 6.07 Å². The molecule has 2 aromatic rings. The summed E-state index contributed by atoms with van der Waals surface area (Å²) < 4.78 is 27.6. The number of rotatable bonds is 3. The predicted molar refractivity (Wildman–Crippen MR) is 71.5 cm³/mol. The third-order valence-corrected chi connectivity index (χ3v) is 3.89. The standard InChI is InChI=1S/C13H11ClO3S/c1-17-12-7-5-10(6-8-12)11-3-2-4-13(9-11)18(14,15)16/h2-9H,1H3. The Morgan fingerprint density at radius 1 is 1.00 bits per heavy atom. The number of ether oxygens (including phenoxy) is 1. The van der Waals surface area contributed by atoms with Crippen molar-refractivity contribution in [1.82, 2.24) is 0 Å². The summed E-state index contributed by atoms with van der Waals surface area (Å²) in [6, 6.07) is 13.9. The van der Waals surface area contributed by atoms with E-state index < -0.39 is 9.05 Å². The van der Waals surface area contributed by atoms with Crippen molar-refractivity contribution in [3.05, 3.63) is 48.5 Å². The molecule has 2 aromatic carbocycles. The lowest BCUT2D eigenvalue weighted by Gasteiger charge is -2.05. The van der Waals surface area contributed by atoms with Crippen LogP contribution in [0.25, 0.3) is 11.1 Å². The first-order valence-electron chi connectivity index (χ1n) is 5.20. The molecular formula is C13H11ClO3S. The van der Waals surface area contributed by atoms with Gasteiger partial charge in [0.25, 0.3) is 9.05 Å². The van der Waals surface area contributed by atoms with Gasteiger partial charge < -0.3 is 4.74 Å². The summed E-state index contributed by atoms with van der Waals surface area (Å²) in [4.78, 5) is 0.0949. The van der Waals surface area contributed by atoms with Crippen molar-refractivity contribution in [2.45, 2.75) is 4.90 Å². The number of hydrogen-bond acceptors (Lipinski definition) is 3. The molecule has 0 fully saturated rings. The van der Waals surface area contributed by atoms with Crippen molar-refractivity contribution in [2.24, 2.45) is 0 Å². The van der Waals surface area contributed by atoms with Gasteiger partial charge in [-0.3, -0.25) is 0 Å². The monoisotopic (exact) mass is 282 g/mol. The molecule has 0 N–H and O–H groups in total. The van der Waals surface area contributed by atoms with E-state index in [0.29, 0.717) is 0 Å². The van der Waals surface area contributed by atoms with E-state index >= 15 is 0 Å². The molecule has 3 nitrogen and oxygen atoms in total. The fraction of sp³-hybridized carbons (Fsp3) is 0.0769. The number of halogens is 1. The maximum atomic E-state index is 11.3. The van der Waals surface area contributed by atoms with Gasteiger partial charge in [0.1, 0.15) is 5.75 Å². The summed E-state index contributed by atoms with van der Waals surface area (Å²) in [6.07, 6.45) is 0. The molecule has 0 saturated carbocycles. The highest BCUT2D eigenvalue weighted by molar-refractivity contribution is 8.13. The Morgan fingerprint density at radius 3 is 2.22 bits per heavy atom. The zero-order valence-electron chi connectivity index (χ0n) is 9.63. The molecule has 0 bridgehead atoms. The fourth-order valence-electron chi connectivity index (χ4n) is 1.61. The van der Waals surface area contributed by atoms with Crippen LogP contribution in [0.2, 0.25) is 0 Å². The highest BCUT2D eigenvalue weighted by Gasteiger charge is 2.10. The molecule has 0 aliphatic rings. The van der Waals surface area contributed by atoms with Crippen LogP contribution in [0.15, 0.2) is 53.4 Å². The van der Waals surface area contributed by atoms with Gasteiger partial charge in [-0.15, -0.1) is 0 Å². The number of hydrogen-bond donors (Lipinski definition) is 0. The molecule has 0 radical (unpaired) electrons. The third-order valence-electron chi connectivity index (χ3n) is 2.54. The number of methoxy groups -OCH3 is 1. The summed E-state index contributed by atoms with van der Waals surface area (Å²) >= 11 is 0. The van der Waals surface area contributed by atoms with E-state index in [9.17, 15) is 8.42 Å². The minimum absolute atomic E-state index is 0.0949. The molecule has 0 aliphatic heterocycles. The maximum Gasteiger partial charge on any atom is 0.261 e. The zero-order chi connectivity index (χ0) is 13.2. The van der Waals surface area contributed by atoms with Crippen LogP contribution in [0, 0.1) is 0 Å². The molecule has 0 atom stereocenters. The molecule has 0 aliphatic carbocycles. The van der Waals surface area contributed by atoms with E-state index in [4.69, 9.17) is 15.4 Å². The van der Waals surface area contributed by atoms with Crippen molar-refractivity contribution in [3.8, 4) is 16.9 Å². The second kappa shape index (κ2) is 5.00. The average Bonchev–Trinajstić information content (AvgIpc) is 2.38. The molecule has 2 rings (SSSR count). The summed E-state index contributed by atoms with van der Waals surface area (Å²) in [6.45, 7) is 0.